The standard InChI is InChI=1S/C32H36N6O2/c1-5-30(39)34-26-16-27(29(40-4)17-28(26)38-18-22(19-38)37(2)3)36-32-33-14-13-25(35-32)31-21-10-8-9-20(15-21)23-11-6-7-12-24(23)31/h5-7,11-14,16-17,20,22H,1,8-10,15,18-19H2,2-4H3,(H,34,39)(H,33,35,36). The third kappa shape index (κ3) is 4.84. The summed E-state index contributed by atoms with van der Waals surface area (Å²) in [5, 5.41) is 6.34. The molecule has 1 unspecified atom stereocenters. The van der Waals surface area contributed by atoms with Crippen LogP contribution in [0.25, 0.3) is 5.57 Å². The fourth-order valence-electron chi connectivity index (χ4n) is 6.18. The lowest BCUT2D eigenvalue weighted by Crippen LogP contribution is -2.57. The number of aromatic nitrogens is 2. The Morgan fingerprint density at radius 3 is 2.77 bits per heavy atom. The molecule has 2 aromatic carbocycles. The van der Waals surface area contributed by atoms with E-state index in [1.165, 1.54) is 41.2 Å². The molecule has 1 saturated heterocycles. The number of ether oxygens (including phenoxy) is 1. The van der Waals surface area contributed by atoms with E-state index in [0.717, 1.165) is 37.3 Å². The largest absolute Gasteiger partial charge is 0.494 e. The van der Waals surface area contributed by atoms with Gasteiger partial charge in [-0.3, -0.25) is 4.79 Å². The number of fused-ring (bicyclic) bond motifs is 4. The van der Waals surface area contributed by atoms with Crippen LogP contribution in [0.1, 0.15) is 48.4 Å². The molecule has 2 N–H and O–H groups in total. The van der Waals surface area contributed by atoms with Gasteiger partial charge in [-0.05, 0) is 75.0 Å². The van der Waals surface area contributed by atoms with Crippen molar-refractivity contribution in [1.82, 2.24) is 14.9 Å². The average Bonchev–Trinajstić information content (AvgIpc) is 2.93. The van der Waals surface area contributed by atoms with Crippen molar-refractivity contribution in [3.05, 3.63) is 83.7 Å². The van der Waals surface area contributed by atoms with Crippen molar-refractivity contribution in [1.29, 1.82) is 0 Å². The van der Waals surface area contributed by atoms with Gasteiger partial charge < -0.3 is 25.2 Å². The zero-order chi connectivity index (χ0) is 27.8. The molecule has 6 rings (SSSR count). The highest BCUT2D eigenvalue weighted by Gasteiger charge is 2.32. The van der Waals surface area contributed by atoms with Gasteiger partial charge in [-0.15, -0.1) is 0 Å². The van der Waals surface area contributed by atoms with Crippen molar-refractivity contribution in [2.24, 2.45) is 0 Å². The third-order valence-electron chi connectivity index (χ3n) is 8.40. The monoisotopic (exact) mass is 536 g/mol. The first-order valence-electron chi connectivity index (χ1n) is 13.9. The molecular formula is C32H36N6O2. The highest BCUT2D eigenvalue weighted by Crippen LogP contribution is 2.48. The molecule has 206 valence electrons. The Bertz CT molecular complexity index is 1490. The molecule has 2 aliphatic carbocycles. The summed E-state index contributed by atoms with van der Waals surface area (Å²) in [6.07, 6.45) is 7.75. The van der Waals surface area contributed by atoms with E-state index in [4.69, 9.17) is 9.72 Å². The maximum atomic E-state index is 12.3. The summed E-state index contributed by atoms with van der Waals surface area (Å²) in [5.41, 5.74) is 8.63. The van der Waals surface area contributed by atoms with Crippen molar-refractivity contribution < 1.29 is 9.53 Å². The van der Waals surface area contributed by atoms with Gasteiger partial charge in [-0.1, -0.05) is 36.4 Å². The Hall–Kier alpha value is -4.17. The van der Waals surface area contributed by atoms with Crippen molar-refractivity contribution >= 4 is 34.5 Å². The van der Waals surface area contributed by atoms with Gasteiger partial charge in [0.1, 0.15) is 5.75 Å². The van der Waals surface area contributed by atoms with Gasteiger partial charge in [0.25, 0.3) is 0 Å². The van der Waals surface area contributed by atoms with E-state index in [1.54, 1.807) is 13.3 Å². The van der Waals surface area contributed by atoms with Gasteiger partial charge in [0, 0.05) is 37.0 Å². The first-order chi connectivity index (χ1) is 19.4. The molecule has 2 bridgehead atoms. The first-order valence-corrected chi connectivity index (χ1v) is 13.9. The fraction of sp³-hybridized carbons (Fsp3) is 0.344. The van der Waals surface area contributed by atoms with E-state index in [1.807, 2.05) is 18.2 Å². The molecular weight excluding hydrogens is 500 g/mol. The molecule has 2 heterocycles. The zero-order valence-corrected chi connectivity index (χ0v) is 23.4. The fourth-order valence-corrected chi connectivity index (χ4v) is 6.18. The Morgan fingerprint density at radius 1 is 1.18 bits per heavy atom. The predicted octanol–water partition coefficient (Wildman–Crippen LogP) is 5.58. The zero-order valence-electron chi connectivity index (χ0n) is 23.4. The number of hydrogen-bond acceptors (Lipinski definition) is 7. The minimum Gasteiger partial charge on any atom is -0.494 e. The summed E-state index contributed by atoms with van der Waals surface area (Å²) >= 11 is 0. The number of nitrogens with one attached hydrogen (secondary N) is 2. The SMILES string of the molecule is C=CC(=O)Nc1cc(Nc2nccc(C3=C4CCCC(C4)c4ccccc43)n2)c(OC)cc1N1CC(N(C)C)C1. The summed E-state index contributed by atoms with van der Waals surface area (Å²) in [4.78, 5) is 26.3. The second kappa shape index (κ2) is 10.8. The first kappa shape index (κ1) is 26.1. The van der Waals surface area contributed by atoms with Gasteiger partial charge in [0.05, 0.1) is 29.9 Å². The number of rotatable bonds is 8. The second-order valence-electron chi connectivity index (χ2n) is 11.0. The number of carbonyl (C=O) groups excluding carboxylic acids is 1. The molecule has 1 amide bonds. The van der Waals surface area contributed by atoms with Crippen LogP contribution in [0.4, 0.5) is 23.0 Å². The van der Waals surface area contributed by atoms with Crippen LogP contribution < -0.4 is 20.3 Å². The number of benzene rings is 2. The molecule has 8 nitrogen and oxygen atoms in total. The van der Waals surface area contributed by atoms with E-state index < -0.39 is 0 Å². The molecule has 8 heteroatoms. The Morgan fingerprint density at radius 2 is 2.00 bits per heavy atom. The molecule has 1 aliphatic heterocycles. The maximum Gasteiger partial charge on any atom is 0.247 e. The number of anilines is 4. The molecule has 3 aromatic rings. The lowest BCUT2D eigenvalue weighted by molar-refractivity contribution is -0.111. The summed E-state index contributed by atoms with van der Waals surface area (Å²) in [5.74, 6) is 1.46. The van der Waals surface area contributed by atoms with Crippen molar-refractivity contribution in [2.45, 2.75) is 37.6 Å². The quantitative estimate of drug-likeness (QED) is 0.364. The normalized spacial score (nSPS) is 18.2. The van der Waals surface area contributed by atoms with Crippen molar-refractivity contribution in [3.8, 4) is 5.75 Å². The van der Waals surface area contributed by atoms with E-state index in [0.29, 0.717) is 35.0 Å². The average molecular weight is 537 g/mol. The van der Waals surface area contributed by atoms with Crippen LogP contribution in [0.15, 0.2) is 66.9 Å². The number of carbonyl (C=O) groups is 1. The van der Waals surface area contributed by atoms with Gasteiger partial charge in [0.2, 0.25) is 11.9 Å². The number of likely N-dealkylation sites (N-methyl/N-ethyl adjacent to an activating group) is 1. The number of methoxy groups -OCH3 is 1. The Labute approximate surface area is 235 Å². The summed E-state index contributed by atoms with van der Waals surface area (Å²) in [7, 11) is 5.81. The van der Waals surface area contributed by atoms with E-state index >= 15 is 0 Å². The van der Waals surface area contributed by atoms with Crippen molar-refractivity contribution in [2.75, 3.05) is 49.8 Å². The smallest absolute Gasteiger partial charge is 0.247 e. The molecule has 2 fully saturated rings. The third-order valence-corrected chi connectivity index (χ3v) is 8.40. The van der Waals surface area contributed by atoms with Crippen molar-refractivity contribution in [3.63, 3.8) is 0 Å². The minimum atomic E-state index is -0.268. The molecule has 3 aliphatic rings. The van der Waals surface area contributed by atoms with Crippen LogP contribution in [-0.4, -0.2) is 61.1 Å². The lowest BCUT2D eigenvalue weighted by atomic mass is 9.71. The number of allylic oxidation sites excluding steroid dienone is 1. The summed E-state index contributed by atoms with van der Waals surface area (Å²) < 4.78 is 5.79. The predicted molar refractivity (Wildman–Crippen MR) is 160 cm³/mol. The molecule has 1 aromatic heterocycles. The van der Waals surface area contributed by atoms with Gasteiger partial charge in [-0.25, -0.2) is 9.97 Å². The summed E-state index contributed by atoms with van der Waals surface area (Å²) in [6, 6.07) is 15.1. The molecule has 1 atom stereocenters. The molecule has 0 spiro atoms. The Kier molecular flexibility index (Phi) is 7.02. The van der Waals surface area contributed by atoms with Crippen LogP contribution in [0.5, 0.6) is 5.75 Å². The van der Waals surface area contributed by atoms with Crippen LogP contribution >= 0.6 is 0 Å². The van der Waals surface area contributed by atoms with Crippen LogP contribution in [0.3, 0.4) is 0 Å². The minimum absolute atomic E-state index is 0.268. The number of nitrogens with zero attached hydrogens (tertiary/aromatic N) is 4. The van der Waals surface area contributed by atoms with Crippen LogP contribution in [0, 0.1) is 0 Å². The van der Waals surface area contributed by atoms with Gasteiger partial charge in [-0.2, -0.15) is 0 Å². The number of hydrogen-bond donors (Lipinski definition) is 2. The number of amides is 1. The van der Waals surface area contributed by atoms with Crippen LogP contribution in [0.2, 0.25) is 0 Å². The maximum absolute atomic E-state index is 12.3. The topological polar surface area (TPSA) is 82.6 Å². The lowest BCUT2D eigenvalue weighted by Gasteiger charge is -2.45. The Balaban J connectivity index is 1.34. The van der Waals surface area contributed by atoms with E-state index in [9.17, 15) is 4.79 Å². The van der Waals surface area contributed by atoms with Crippen LogP contribution in [-0.2, 0) is 4.79 Å². The van der Waals surface area contributed by atoms with Gasteiger partial charge in [0.15, 0.2) is 0 Å². The molecule has 0 radical (unpaired) electrons. The summed E-state index contributed by atoms with van der Waals surface area (Å²) in [6.45, 7) is 5.35. The molecule has 40 heavy (non-hydrogen) atoms. The van der Waals surface area contributed by atoms with E-state index in [-0.39, 0.29) is 5.91 Å². The second-order valence-corrected chi connectivity index (χ2v) is 11.0. The van der Waals surface area contributed by atoms with E-state index in [2.05, 4.69) is 70.4 Å². The molecule has 1 saturated carbocycles. The highest BCUT2D eigenvalue weighted by atomic mass is 16.5. The van der Waals surface area contributed by atoms with Gasteiger partial charge >= 0.3 is 0 Å². The highest BCUT2D eigenvalue weighted by molar-refractivity contribution is 6.02.